The highest BCUT2D eigenvalue weighted by Crippen LogP contribution is 2.39. The Morgan fingerprint density at radius 3 is 2.50 bits per heavy atom. The minimum atomic E-state index is 0.226. The van der Waals surface area contributed by atoms with Crippen molar-refractivity contribution in [3.63, 3.8) is 0 Å². The summed E-state index contributed by atoms with van der Waals surface area (Å²) < 4.78 is 2.00. The maximum Gasteiger partial charge on any atom is 0.222 e. The maximum absolute atomic E-state index is 4.43. The van der Waals surface area contributed by atoms with E-state index in [0.29, 0.717) is 0 Å². The van der Waals surface area contributed by atoms with Gasteiger partial charge in [0.2, 0.25) is 5.95 Å². The van der Waals surface area contributed by atoms with E-state index in [2.05, 4.69) is 81.4 Å². The third kappa shape index (κ3) is 2.70. The Morgan fingerprint density at radius 2 is 1.73 bits per heavy atom. The molecule has 0 unspecified atom stereocenters. The summed E-state index contributed by atoms with van der Waals surface area (Å²) in [7, 11) is 0. The molecule has 1 aliphatic rings. The van der Waals surface area contributed by atoms with Crippen LogP contribution in [0.15, 0.2) is 78.4 Å². The van der Waals surface area contributed by atoms with Crippen molar-refractivity contribution in [1.29, 1.82) is 0 Å². The van der Waals surface area contributed by atoms with Crippen LogP contribution in [0.2, 0.25) is 0 Å². The van der Waals surface area contributed by atoms with Gasteiger partial charge in [0.05, 0.1) is 12.1 Å². The number of rotatable bonds is 3. The van der Waals surface area contributed by atoms with Gasteiger partial charge in [0.1, 0.15) is 6.33 Å². The van der Waals surface area contributed by atoms with Gasteiger partial charge >= 0.3 is 0 Å². The second-order valence-electron chi connectivity index (χ2n) is 6.48. The van der Waals surface area contributed by atoms with Crippen molar-refractivity contribution >= 4 is 17.3 Å². The minimum absolute atomic E-state index is 0.226. The summed E-state index contributed by atoms with van der Waals surface area (Å²) >= 11 is 1.78. The molecule has 1 N–H and O–H groups in total. The van der Waals surface area contributed by atoms with Crippen molar-refractivity contribution < 1.29 is 0 Å². The minimum Gasteiger partial charge on any atom is -0.348 e. The number of anilines is 1. The van der Waals surface area contributed by atoms with Crippen molar-refractivity contribution in [3.05, 3.63) is 88.9 Å². The van der Waals surface area contributed by atoms with Crippen LogP contribution in [0.3, 0.4) is 0 Å². The SMILES string of the molecule is c1ccc(-c2ccc([C@@H]3C[C@H](c4cccs4)n4ncnc4N3)cc2)cc1. The lowest BCUT2D eigenvalue weighted by molar-refractivity contribution is 0.436. The molecule has 2 aromatic heterocycles. The second-order valence-corrected chi connectivity index (χ2v) is 7.46. The van der Waals surface area contributed by atoms with Crippen molar-refractivity contribution in [3.8, 4) is 11.1 Å². The number of nitrogens with zero attached hydrogens (tertiary/aromatic N) is 3. The second kappa shape index (κ2) is 6.42. The first-order valence-corrected chi connectivity index (χ1v) is 9.61. The quantitative estimate of drug-likeness (QED) is 0.550. The van der Waals surface area contributed by atoms with Crippen LogP contribution in [0.4, 0.5) is 5.95 Å². The topological polar surface area (TPSA) is 42.7 Å². The number of aromatic nitrogens is 3. The van der Waals surface area contributed by atoms with E-state index in [1.807, 2.05) is 10.7 Å². The molecular formula is C21H18N4S. The normalized spacial score (nSPS) is 18.9. The molecule has 0 bridgehead atoms. The van der Waals surface area contributed by atoms with Crippen molar-refractivity contribution in [2.75, 3.05) is 5.32 Å². The van der Waals surface area contributed by atoms with Gasteiger partial charge in [-0.1, -0.05) is 60.7 Å². The van der Waals surface area contributed by atoms with Gasteiger partial charge in [-0.3, -0.25) is 0 Å². The fourth-order valence-electron chi connectivity index (χ4n) is 3.59. The Morgan fingerprint density at radius 1 is 0.923 bits per heavy atom. The van der Waals surface area contributed by atoms with E-state index < -0.39 is 0 Å². The molecular weight excluding hydrogens is 340 g/mol. The molecule has 0 amide bonds. The summed E-state index contributed by atoms with van der Waals surface area (Å²) in [5.74, 6) is 0.840. The lowest BCUT2D eigenvalue weighted by Gasteiger charge is -2.31. The Labute approximate surface area is 156 Å². The number of hydrogen-bond acceptors (Lipinski definition) is 4. The van der Waals surface area contributed by atoms with E-state index >= 15 is 0 Å². The summed E-state index contributed by atoms with van der Waals surface area (Å²) in [6.07, 6.45) is 2.59. The Hall–Kier alpha value is -2.92. The van der Waals surface area contributed by atoms with Gasteiger partial charge in [0.25, 0.3) is 0 Å². The zero-order chi connectivity index (χ0) is 17.3. The van der Waals surface area contributed by atoms with Gasteiger partial charge in [0, 0.05) is 4.88 Å². The molecule has 128 valence electrons. The molecule has 0 fully saturated rings. The van der Waals surface area contributed by atoms with E-state index in [4.69, 9.17) is 0 Å². The summed E-state index contributed by atoms with van der Waals surface area (Å²) in [6, 6.07) is 24.1. The zero-order valence-corrected chi connectivity index (χ0v) is 14.9. The van der Waals surface area contributed by atoms with Crippen molar-refractivity contribution in [2.24, 2.45) is 0 Å². The summed E-state index contributed by atoms with van der Waals surface area (Å²) in [5, 5.41) is 10.1. The summed E-state index contributed by atoms with van der Waals surface area (Å²) in [6.45, 7) is 0. The molecule has 2 aromatic carbocycles. The molecule has 0 spiro atoms. The Bertz CT molecular complexity index is 990. The highest BCUT2D eigenvalue weighted by atomic mass is 32.1. The molecule has 0 saturated carbocycles. The number of benzene rings is 2. The highest BCUT2D eigenvalue weighted by Gasteiger charge is 2.30. The fraction of sp³-hybridized carbons (Fsp3) is 0.143. The van der Waals surface area contributed by atoms with Crippen molar-refractivity contribution in [1.82, 2.24) is 14.8 Å². The van der Waals surface area contributed by atoms with Gasteiger partial charge in [0.15, 0.2) is 0 Å². The van der Waals surface area contributed by atoms with E-state index in [9.17, 15) is 0 Å². The molecule has 0 aliphatic carbocycles. The van der Waals surface area contributed by atoms with E-state index in [-0.39, 0.29) is 12.1 Å². The maximum atomic E-state index is 4.43. The average molecular weight is 358 g/mol. The molecule has 0 radical (unpaired) electrons. The van der Waals surface area contributed by atoms with E-state index in [0.717, 1.165) is 12.4 Å². The predicted octanol–water partition coefficient (Wildman–Crippen LogP) is 5.15. The van der Waals surface area contributed by atoms with Gasteiger partial charge in [-0.05, 0) is 34.6 Å². The molecule has 1 aliphatic heterocycles. The fourth-order valence-corrected chi connectivity index (χ4v) is 4.42. The first-order valence-electron chi connectivity index (χ1n) is 8.73. The number of nitrogens with one attached hydrogen (secondary N) is 1. The van der Waals surface area contributed by atoms with Crippen LogP contribution in [-0.2, 0) is 0 Å². The third-order valence-corrected chi connectivity index (χ3v) is 5.90. The Kier molecular flexibility index (Phi) is 3.79. The van der Waals surface area contributed by atoms with Crippen molar-refractivity contribution in [2.45, 2.75) is 18.5 Å². The molecule has 26 heavy (non-hydrogen) atoms. The molecule has 4 aromatic rings. The van der Waals surface area contributed by atoms with Crippen LogP contribution in [0, 0.1) is 0 Å². The molecule has 2 atom stereocenters. The number of thiophene rings is 1. The third-order valence-electron chi connectivity index (χ3n) is 4.92. The average Bonchev–Trinajstić information content (AvgIpc) is 3.40. The lowest BCUT2D eigenvalue weighted by Crippen LogP contribution is -2.27. The van der Waals surface area contributed by atoms with Crippen LogP contribution in [-0.4, -0.2) is 14.8 Å². The molecule has 5 rings (SSSR count). The van der Waals surface area contributed by atoms with Gasteiger partial charge in [-0.15, -0.1) is 11.3 Å². The zero-order valence-electron chi connectivity index (χ0n) is 14.1. The van der Waals surface area contributed by atoms with Crippen LogP contribution in [0.5, 0.6) is 0 Å². The molecule has 3 heterocycles. The number of hydrogen-bond donors (Lipinski definition) is 1. The highest BCUT2D eigenvalue weighted by molar-refractivity contribution is 7.10. The number of fused-ring (bicyclic) bond motifs is 1. The van der Waals surface area contributed by atoms with E-state index in [1.54, 1.807) is 17.7 Å². The largest absolute Gasteiger partial charge is 0.348 e. The molecule has 0 saturated heterocycles. The Balaban J connectivity index is 1.46. The van der Waals surface area contributed by atoms with Gasteiger partial charge in [-0.2, -0.15) is 10.1 Å². The van der Waals surface area contributed by atoms with Gasteiger partial charge < -0.3 is 5.32 Å². The lowest BCUT2D eigenvalue weighted by atomic mass is 9.95. The van der Waals surface area contributed by atoms with Gasteiger partial charge in [-0.25, -0.2) is 4.68 Å². The van der Waals surface area contributed by atoms with E-state index in [1.165, 1.54) is 21.6 Å². The molecule has 5 heteroatoms. The molecule has 4 nitrogen and oxygen atoms in total. The first kappa shape index (κ1) is 15.3. The standard InChI is InChI=1S/C21H18N4S/c1-2-5-15(6-3-1)16-8-10-17(11-9-16)18-13-19(20-7-4-12-26-20)25-21(24-18)22-14-23-25/h1-12,14,18-19H,13H2,(H,22,23,24)/t18-,19+/m0/s1. The summed E-state index contributed by atoms with van der Waals surface area (Å²) in [4.78, 5) is 5.73. The van der Waals surface area contributed by atoms with Crippen LogP contribution >= 0.6 is 11.3 Å². The van der Waals surface area contributed by atoms with Crippen LogP contribution in [0.1, 0.15) is 28.9 Å². The summed E-state index contributed by atoms with van der Waals surface area (Å²) in [5.41, 5.74) is 3.76. The monoisotopic (exact) mass is 358 g/mol. The predicted molar refractivity (Wildman–Crippen MR) is 105 cm³/mol. The first-order chi connectivity index (χ1) is 12.9. The smallest absolute Gasteiger partial charge is 0.222 e. The van der Waals surface area contributed by atoms with Crippen LogP contribution in [0.25, 0.3) is 11.1 Å². The van der Waals surface area contributed by atoms with Crippen LogP contribution < -0.4 is 5.32 Å².